The van der Waals surface area contributed by atoms with Gasteiger partial charge in [0.2, 0.25) is 0 Å². The van der Waals surface area contributed by atoms with Crippen molar-refractivity contribution in [2.75, 3.05) is 0 Å². The van der Waals surface area contributed by atoms with Crippen LogP contribution in [0, 0.1) is 6.92 Å². The molecule has 1 rings (SSSR count). The lowest BCUT2D eigenvalue weighted by Gasteiger charge is -2.03. The van der Waals surface area contributed by atoms with Crippen molar-refractivity contribution >= 4 is 20.0 Å². The average molecular weight is 204 g/mol. The summed E-state index contributed by atoms with van der Waals surface area (Å²) in [6.07, 6.45) is 0. The molecule has 0 aromatic heterocycles. The van der Waals surface area contributed by atoms with E-state index in [1.807, 2.05) is 0 Å². The fourth-order valence-electron chi connectivity index (χ4n) is 0.867. The minimum atomic E-state index is -3.38. The normalized spacial score (nSPS) is 15.5. The first kappa shape index (κ1) is 9.44. The maximum absolute atomic E-state index is 11.0. The number of phenolic OH excluding ortho intramolecular Hbond substituents is 1. The highest BCUT2D eigenvalue weighted by molar-refractivity contribution is 8.29. The molecule has 1 unspecified atom stereocenters. The first-order valence-electron chi connectivity index (χ1n) is 3.18. The van der Waals surface area contributed by atoms with Gasteiger partial charge in [-0.05, 0) is 24.6 Å². The van der Waals surface area contributed by atoms with Gasteiger partial charge in [-0.1, -0.05) is 6.07 Å². The molecule has 0 aliphatic rings. The maximum Gasteiger partial charge on any atom is 0.171 e. The predicted molar refractivity (Wildman–Crippen MR) is 49.2 cm³/mol. The van der Waals surface area contributed by atoms with Gasteiger partial charge < -0.3 is 9.66 Å². The number of phenols is 1. The Kier molecular flexibility index (Phi) is 2.36. The zero-order valence-corrected chi connectivity index (χ0v) is 7.98. The van der Waals surface area contributed by atoms with Crippen molar-refractivity contribution in [1.82, 2.24) is 0 Å². The highest BCUT2D eigenvalue weighted by Gasteiger charge is 2.09. The van der Waals surface area contributed by atoms with E-state index in [0.29, 0.717) is 5.56 Å². The van der Waals surface area contributed by atoms with E-state index in [4.69, 9.17) is 9.66 Å². The van der Waals surface area contributed by atoms with Crippen LogP contribution in [-0.2, 0) is 20.0 Å². The molecule has 1 aromatic rings. The number of aromatic hydroxyl groups is 1. The monoisotopic (exact) mass is 204 g/mol. The number of hydrogen-bond acceptors (Lipinski definition) is 3. The Morgan fingerprint density at radius 1 is 1.50 bits per heavy atom. The highest BCUT2D eigenvalue weighted by atomic mass is 32.8. The largest absolute Gasteiger partial charge is 0.508 e. The van der Waals surface area contributed by atoms with Crippen LogP contribution in [-0.4, -0.2) is 13.9 Å². The Labute approximate surface area is 75.5 Å². The lowest BCUT2D eigenvalue weighted by atomic mass is 10.2. The molecule has 0 bridgehead atoms. The van der Waals surface area contributed by atoms with Crippen LogP contribution in [0.4, 0.5) is 0 Å². The molecular formula is C7H8O3S2. The second kappa shape index (κ2) is 3.01. The summed E-state index contributed by atoms with van der Waals surface area (Å²) in [5, 5.41) is 9.02. The highest BCUT2D eigenvalue weighted by Crippen LogP contribution is 2.20. The molecule has 12 heavy (non-hydrogen) atoms. The number of aryl methyl sites for hydroxylation is 1. The predicted octanol–water partition coefficient (Wildman–Crippen LogP) is 1.28. The minimum absolute atomic E-state index is 0.0535. The molecule has 0 saturated heterocycles. The van der Waals surface area contributed by atoms with E-state index in [1.165, 1.54) is 12.1 Å². The van der Waals surface area contributed by atoms with Crippen molar-refractivity contribution in [1.29, 1.82) is 0 Å². The second-order valence-corrected chi connectivity index (χ2v) is 5.17. The lowest BCUT2D eigenvalue weighted by molar-refractivity contribution is 0.472. The third-order valence-electron chi connectivity index (χ3n) is 1.45. The Bertz CT molecular complexity index is 395. The van der Waals surface area contributed by atoms with Gasteiger partial charge in [-0.15, -0.1) is 0 Å². The summed E-state index contributed by atoms with van der Waals surface area (Å²) in [5.41, 5.74) is 0.607. The van der Waals surface area contributed by atoms with Gasteiger partial charge in [0.15, 0.2) is 8.77 Å². The topological polar surface area (TPSA) is 57.5 Å². The van der Waals surface area contributed by atoms with E-state index in [2.05, 4.69) is 11.2 Å². The molecule has 0 fully saturated rings. The van der Waals surface area contributed by atoms with Crippen molar-refractivity contribution < 1.29 is 13.9 Å². The van der Waals surface area contributed by atoms with E-state index in [9.17, 15) is 4.21 Å². The fraction of sp³-hybridized carbons (Fsp3) is 0.143. The van der Waals surface area contributed by atoms with Crippen LogP contribution >= 0.6 is 0 Å². The number of benzene rings is 1. The summed E-state index contributed by atoms with van der Waals surface area (Å²) in [7, 11) is -3.38. The zero-order chi connectivity index (χ0) is 9.35. The maximum atomic E-state index is 11.0. The van der Waals surface area contributed by atoms with Crippen molar-refractivity contribution in [2.24, 2.45) is 0 Å². The molecule has 66 valence electrons. The summed E-state index contributed by atoms with van der Waals surface area (Å²) >= 11 is 4.37. The van der Waals surface area contributed by atoms with Crippen LogP contribution in [0.5, 0.6) is 5.75 Å². The minimum Gasteiger partial charge on any atom is -0.508 e. The van der Waals surface area contributed by atoms with Crippen molar-refractivity contribution in [3.8, 4) is 5.75 Å². The van der Waals surface area contributed by atoms with Crippen molar-refractivity contribution in [3.63, 3.8) is 0 Å². The van der Waals surface area contributed by atoms with Crippen LogP contribution < -0.4 is 0 Å². The molecule has 0 heterocycles. The van der Waals surface area contributed by atoms with Gasteiger partial charge in [-0.2, -0.15) is 0 Å². The molecule has 0 aliphatic heterocycles. The number of hydrogen-bond donors (Lipinski definition) is 2. The Hall–Kier alpha value is -0.650. The van der Waals surface area contributed by atoms with Gasteiger partial charge in [0.25, 0.3) is 0 Å². The smallest absolute Gasteiger partial charge is 0.171 e. The zero-order valence-electron chi connectivity index (χ0n) is 6.35. The van der Waals surface area contributed by atoms with Gasteiger partial charge in [0, 0.05) is 11.2 Å². The molecule has 3 nitrogen and oxygen atoms in total. The van der Waals surface area contributed by atoms with Crippen LogP contribution in [0.15, 0.2) is 23.1 Å². The van der Waals surface area contributed by atoms with Crippen LogP contribution in [0.1, 0.15) is 5.56 Å². The summed E-state index contributed by atoms with van der Waals surface area (Å²) in [6, 6.07) is 4.21. The third-order valence-corrected chi connectivity index (χ3v) is 2.98. The van der Waals surface area contributed by atoms with E-state index in [-0.39, 0.29) is 10.6 Å². The van der Waals surface area contributed by atoms with E-state index >= 15 is 0 Å². The average Bonchev–Trinajstić information content (AvgIpc) is 1.92. The van der Waals surface area contributed by atoms with E-state index in [1.54, 1.807) is 13.0 Å². The van der Waals surface area contributed by atoms with E-state index in [0.717, 1.165) is 0 Å². The Morgan fingerprint density at radius 3 is 2.50 bits per heavy atom. The Morgan fingerprint density at radius 2 is 2.08 bits per heavy atom. The van der Waals surface area contributed by atoms with Gasteiger partial charge in [-0.3, -0.25) is 0 Å². The summed E-state index contributed by atoms with van der Waals surface area (Å²) in [4.78, 5) is 0.109. The van der Waals surface area contributed by atoms with Gasteiger partial charge in [0.05, 0.1) is 4.90 Å². The summed E-state index contributed by atoms with van der Waals surface area (Å²) in [6.45, 7) is 1.66. The van der Waals surface area contributed by atoms with Gasteiger partial charge >= 0.3 is 0 Å². The SMILES string of the molecule is Cc1ccc(O)cc1S(=O)(O)=S. The molecule has 1 atom stereocenters. The molecule has 0 aliphatic carbocycles. The summed E-state index contributed by atoms with van der Waals surface area (Å²) in [5.74, 6) is -0.0535. The van der Waals surface area contributed by atoms with Gasteiger partial charge in [0.1, 0.15) is 5.75 Å². The number of rotatable bonds is 1. The van der Waals surface area contributed by atoms with Crippen molar-refractivity contribution in [2.45, 2.75) is 11.8 Å². The van der Waals surface area contributed by atoms with Crippen LogP contribution in [0.25, 0.3) is 0 Å². The van der Waals surface area contributed by atoms with Crippen LogP contribution in [0.3, 0.4) is 0 Å². The lowest BCUT2D eigenvalue weighted by Crippen LogP contribution is -1.98. The van der Waals surface area contributed by atoms with Gasteiger partial charge in [-0.25, -0.2) is 4.21 Å². The van der Waals surface area contributed by atoms with Crippen molar-refractivity contribution in [3.05, 3.63) is 23.8 Å². The fourth-order valence-corrected chi connectivity index (χ4v) is 2.15. The van der Waals surface area contributed by atoms with Crippen LogP contribution in [0.2, 0.25) is 0 Å². The quantitative estimate of drug-likeness (QED) is 0.723. The third kappa shape index (κ3) is 1.94. The molecule has 0 saturated carbocycles. The second-order valence-electron chi connectivity index (χ2n) is 2.42. The van der Waals surface area contributed by atoms with E-state index < -0.39 is 8.77 Å². The standard InChI is InChI=1S/C7H8O3S2/c1-5-2-3-6(8)4-7(5)12(9,10)11/h2-4,8H,1H3,(H,9,10,11). The summed E-state index contributed by atoms with van der Waals surface area (Å²) < 4.78 is 20.0. The molecule has 1 aromatic carbocycles. The molecule has 0 radical (unpaired) electrons. The first-order chi connectivity index (χ1) is 5.41. The molecule has 5 heteroatoms. The first-order valence-corrected chi connectivity index (χ1v) is 5.62. The molecular weight excluding hydrogens is 196 g/mol. The molecule has 0 amide bonds. The molecule has 0 spiro atoms. The molecule has 2 N–H and O–H groups in total. The Balaban J connectivity index is 3.43.